The molecule has 2 rings (SSSR count). The van der Waals surface area contributed by atoms with Gasteiger partial charge in [0, 0.05) is 6.04 Å². The van der Waals surface area contributed by atoms with Gasteiger partial charge in [-0.2, -0.15) is 0 Å². The quantitative estimate of drug-likeness (QED) is 0.828. The Morgan fingerprint density at radius 3 is 2.68 bits per heavy atom. The largest absolute Gasteiger partial charge is 0.323 e. The molecule has 1 N–H and O–H groups in total. The molecule has 1 aliphatic heterocycles. The van der Waals surface area contributed by atoms with Gasteiger partial charge >= 0.3 is 0 Å². The second kappa shape index (κ2) is 6.74. The molecular weight excluding hydrogens is 236 g/mol. The van der Waals surface area contributed by atoms with E-state index in [1.165, 1.54) is 38.5 Å². The van der Waals surface area contributed by atoms with Crippen LogP contribution in [0.1, 0.15) is 72.1 Å². The Morgan fingerprint density at radius 1 is 1.26 bits per heavy atom. The summed E-state index contributed by atoms with van der Waals surface area (Å²) in [6.45, 7) is 6.62. The van der Waals surface area contributed by atoms with E-state index in [-0.39, 0.29) is 12.2 Å². The number of carbonyl (C=O) groups is 1. The lowest BCUT2D eigenvalue weighted by Gasteiger charge is -2.39. The van der Waals surface area contributed by atoms with Crippen molar-refractivity contribution in [2.45, 2.75) is 90.4 Å². The summed E-state index contributed by atoms with van der Waals surface area (Å²) in [7, 11) is 0. The fraction of sp³-hybridized carbons (Fsp3) is 0.938. The Bertz CT molecular complexity index is 305. The van der Waals surface area contributed by atoms with Gasteiger partial charge in [0.15, 0.2) is 0 Å². The molecule has 19 heavy (non-hydrogen) atoms. The maximum absolute atomic E-state index is 12.6. The zero-order valence-electron chi connectivity index (χ0n) is 12.8. The number of nitrogens with one attached hydrogen (secondary N) is 1. The minimum Gasteiger partial charge on any atom is -0.323 e. The number of hydrogen-bond acceptors (Lipinski definition) is 2. The second-order valence-corrected chi connectivity index (χ2v) is 6.30. The van der Waals surface area contributed by atoms with Gasteiger partial charge in [0.2, 0.25) is 5.91 Å². The van der Waals surface area contributed by atoms with Crippen LogP contribution in [0.4, 0.5) is 0 Å². The molecule has 3 nitrogen and oxygen atoms in total. The average Bonchev–Trinajstić information content (AvgIpc) is 2.71. The van der Waals surface area contributed by atoms with Crippen molar-refractivity contribution in [3.63, 3.8) is 0 Å². The second-order valence-electron chi connectivity index (χ2n) is 6.30. The molecule has 0 aromatic heterocycles. The van der Waals surface area contributed by atoms with E-state index in [1.807, 2.05) is 0 Å². The predicted octanol–water partition coefficient (Wildman–Crippen LogP) is 3.29. The van der Waals surface area contributed by atoms with Crippen molar-refractivity contribution in [1.29, 1.82) is 0 Å². The predicted molar refractivity (Wildman–Crippen MR) is 78.8 cm³/mol. The van der Waals surface area contributed by atoms with E-state index in [0.717, 1.165) is 12.8 Å². The molecule has 110 valence electrons. The number of hydrogen-bond donors (Lipinski definition) is 1. The number of rotatable bonds is 5. The molecule has 1 aliphatic carbocycles. The maximum atomic E-state index is 12.6. The Kier molecular flexibility index (Phi) is 5.26. The van der Waals surface area contributed by atoms with Gasteiger partial charge in [-0.05, 0) is 32.1 Å². The Hall–Kier alpha value is -0.570. The summed E-state index contributed by atoms with van der Waals surface area (Å²) in [5.41, 5.74) is 0. The molecule has 1 saturated carbocycles. The van der Waals surface area contributed by atoms with Crippen LogP contribution in [0, 0.1) is 5.92 Å². The van der Waals surface area contributed by atoms with Crippen LogP contribution in [-0.4, -0.2) is 29.1 Å². The Labute approximate surface area is 118 Å². The summed E-state index contributed by atoms with van der Waals surface area (Å²) in [6, 6.07) is 0.565. The van der Waals surface area contributed by atoms with Gasteiger partial charge in [-0.15, -0.1) is 0 Å². The highest BCUT2D eigenvalue weighted by Gasteiger charge is 2.42. The van der Waals surface area contributed by atoms with E-state index in [9.17, 15) is 4.79 Å². The zero-order valence-corrected chi connectivity index (χ0v) is 12.8. The van der Waals surface area contributed by atoms with Crippen molar-refractivity contribution in [2.75, 3.05) is 0 Å². The van der Waals surface area contributed by atoms with Gasteiger partial charge in [0.25, 0.3) is 0 Å². The van der Waals surface area contributed by atoms with Gasteiger partial charge in [0.1, 0.15) is 0 Å². The lowest BCUT2D eigenvalue weighted by Crippen LogP contribution is -2.48. The third kappa shape index (κ3) is 3.13. The van der Waals surface area contributed by atoms with E-state index in [0.29, 0.717) is 17.9 Å². The van der Waals surface area contributed by atoms with Crippen LogP contribution in [0.3, 0.4) is 0 Å². The lowest BCUT2D eigenvalue weighted by molar-refractivity contribution is -0.134. The van der Waals surface area contributed by atoms with E-state index < -0.39 is 0 Å². The van der Waals surface area contributed by atoms with E-state index in [1.54, 1.807) is 0 Å². The first-order valence-electron chi connectivity index (χ1n) is 8.27. The highest BCUT2D eigenvalue weighted by atomic mass is 16.2. The smallest absolute Gasteiger partial charge is 0.241 e. The van der Waals surface area contributed by atoms with Crippen molar-refractivity contribution in [3.8, 4) is 0 Å². The Balaban J connectivity index is 2.04. The summed E-state index contributed by atoms with van der Waals surface area (Å²) in [5.74, 6) is 1.08. The van der Waals surface area contributed by atoms with Gasteiger partial charge in [-0.3, -0.25) is 10.1 Å². The highest BCUT2D eigenvalue weighted by Crippen LogP contribution is 2.33. The van der Waals surface area contributed by atoms with E-state index in [2.05, 4.69) is 31.0 Å². The van der Waals surface area contributed by atoms with Crippen molar-refractivity contribution in [2.24, 2.45) is 5.92 Å². The van der Waals surface area contributed by atoms with Gasteiger partial charge in [0.05, 0.1) is 12.2 Å². The molecule has 0 spiro atoms. The molecule has 2 fully saturated rings. The molecule has 1 saturated heterocycles. The monoisotopic (exact) mass is 266 g/mol. The van der Waals surface area contributed by atoms with Crippen LogP contribution >= 0.6 is 0 Å². The Morgan fingerprint density at radius 2 is 2.00 bits per heavy atom. The maximum Gasteiger partial charge on any atom is 0.241 e. The van der Waals surface area contributed by atoms with E-state index >= 15 is 0 Å². The van der Waals surface area contributed by atoms with Crippen molar-refractivity contribution in [3.05, 3.63) is 0 Å². The van der Waals surface area contributed by atoms with Crippen molar-refractivity contribution >= 4 is 5.91 Å². The fourth-order valence-corrected chi connectivity index (χ4v) is 3.91. The zero-order chi connectivity index (χ0) is 13.8. The van der Waals surface area contributed by atoms with Crippen LogP contribution in [0.5, 0.6) is 0 Å². The molecule has 0 aromatic rings. The normalized spacial score (nSPS) is 35.9. The fourth-order valence-electron chi connectivity index (χ4n) is 3.91. The van der Waals surface area contributed by atoms with Gasteiger partial charge < -0.3 is 4.90 Å². The van der Waals surface area contributed by atoms with Crippen LogP contribution in [0.15, 0.2) is 0 Å². The summed E-state index contributed by atoms with van der Waals surface area (Å²) in [4.78, 5) is 14.8. The minimum absolute atomic E-state index is 0.0781. The standard InChI is InChI=1S/C16H30N2O/c1-4-6-10-14-16(19)18(12(3)17-14)15-11-8-7-9-13(15)5-2/h12-15,17H,4-11H2,1-3H3. The molecular formula is C16H30N2O. The summed E-state index contributed by atoms with van der Waals surface area (Å²) in [6.07, 6.45) is 9.89. The van der Waals surface area contributed by atoms with Crippen LogP contribution in [0.25, 0.3) is 0 Å². The third-order valence-corrected chi connectivity index (χ3v) is 5.01. The van der Waals surface area contributed by atoms with Crippen LogP contribution in [0.2, 0.25) is 0 Å². The molecule has 0 aromatic carbocycles. The molecule has 3 heteroatoms. The molecule has 2 aliphatic rings. The minimum atomic E-state index is 0.0781. The molecule has 0 bridgehead atoms. The molecule has 1 heterocycles. The lowest BCUT2D eigenvalue weighted by atomic mass is 9.81. The van der Waals surface area contributed by atoms with Gasteiger partial charge in [-0.1, -0.05) is 46.0 Å². The van der Waals surface area contributed by atoms with Gasteiger partial charge in [-0.25, -0.2) is 0 Å². The number of nitrogens with zero attached hydrogens (tertiary/aromatic N) is 1. The first kappa shape index (κ1) is 14.8. The first-order valence-corrected chi connectivity index (χ1v) is 8.27. The molecule has 0 radical (unpaired) electrons. The average molecular weight is 266 g/mol. The SMILES string of the molecule is CCCCC1NC(C)N(C2CCCCC2CC)C1=O. The first-order chi connectivity index (χ1) is 9.19. The third-order valence-electron chi connectivity index (χ3n) is 5.01. The summed E-state index contributed by atoms with van der Waals surface area (Å²) in [5, 5.41) is 3.51. The number of carbonyl (C=O) groups excluding carboxylic acids is 1. The summed E-state index contributed by atoms with van der Waals surface area (Å²) >= 11 is 0. The summed E-state index contributed by atoms with van der Waals surface area (Å²) < 4.78 is 0. The molecule has 1 amide bonds. The van der Waals surface area contributed by atoms with Crippen molar-refractivity contribution in [1.82, 2.24) is 10.2 Å². The number of amides is 1. The topological polar surface area (TPSA) is 32.3 Å². The van der Waals surface area contributed by atoms with E-state index in [4.69, 9.17) is 0 Å². The molecule has 4 unspecified atom stereocenters. The molecule has 4 atom stereocenters. The number of unbranched alkanes of at least 4 members (excludes halogenated alkanes) is 1. The van der Waals surface area contributed by atoms with Crippen LogP contribution in [-0.2, 0) is 4.79 Å². The van der Waals surface area contributed by atoms with Crippen molar-refractivity contribution < 1.29 is 4.79 Å². The van der Waals surface area contributed by atoms with Crippen LogP contribution < -0.4 is 5.32 Å². The highest BCUT2D eigenvalue weighted by molar-refractivity contribution is 5.84.